The van der Waals surface area contributed by atoms with Gasteiger partial charge in [-0.05, 0) is 42.0 Å². The molecule has 1 aliphatic heterocycles. The zero-order chi connectivity index (χ0) is 24.3. The fraction of sp³-hybridized carbons (Fsp3) is 0.519. The number of hydrogen-bond acceptors (Lipinski definition) is 5. The fourth-order valence-corrected chi connectivity index (χ4v) is 4.75. The number of aromatic nitrogens is 1. The Morgan fingerprint density at radius 1 is 1.12 bits per heavy atom. The van der Waals surface area contributed by atoms with Gasteiger partial charge < -0.3 is 15.7 Å². The van der Waals surface area contributed by atoms with Crippen LogP contribution in [0.25, 0.3) is 0 Å². The second kappa shape index (κ2) is 10.2. The van der Waals surface area contributed by atoms with Gasteiger partial charge in [0.15, 0.2) is 0 Å². The first kappa shape index (κ1) is 24.4. The minimum absolute atomic E-state index is 0.0415. The lowest BCUT2D eigenvalue weighted by Gasteiger charge is -2.40. The third-order valence-electron chi connectivity index (χ3n) is 6.90. The van der Waals surface area contributed by atoms with Crippen LogP contribution in [0.4, 0.5) is 5.69 Å². The van der Waals surface area contributed by atoms with Gasteiger partial charge in [-0.25, -0.2) is 0 Å². The molecule has 2 fully saturated rings. The van der Waals surface area contributed by atoms with Gasteiger partial charge in [0.05, 0.1) is 6.10 Å². The van der Waals surface area contributed by atoms with Gasteiger partial charge >= 0.3 is 0 Å². The molecular weight excluding hydrogens is 428 g/mol. The Hall–Kier alpha value is -2.77. The SMILES string of the molecule is CC(C)(C)c1ccc(N(C(=O)C2NCC2O)C(C(=O)NC2CCCCC2)c2cccnc2)cc1. The summed E-state index contributed by atoms with van der Waals surface area (Å²) in [6.07, 6.45) is 7.79. The molecule has 182 valence electrons. The smallest absolute Gasteiger partial charge is 0.248 e. The number of rotatable bonds is 6. The maximum Gasteiger partial charge on any atom is 0.248 e. The van der Waals surface area contributed by atoms with Crippen molar-refractivity contribution in [3.63, 3.8) is 0 Å². The molecule has 7 nitrogen and oxygen atoms in total. The molecule has 3 unspecified atom stereocenters. The number of nitrogens with zero attached hydrogens (tertiary/aromatic N) is 2. The highest BCUT2D eigenvalue weighted by Gasteiger charge is 2.43. The second-order valence-corrected chi connectivity index (χ2v) is 10.5. The molecule has 1 aromatic carbocycles. The minimum Gasteiger partial charge on any atom is -0.390 e. The first-order valence-electron chi connectivity index (χ1n) is 12.3. The highest BCUT2D eigenvalue weighted by Crippen LogP contribution is 2.32. The van der Waals surface area contributed by atoms with Gasteiger partial charge in [0.2, 0.25) is 11.8 Å². The molecule has 2 amide bonds. The van der Waals surface area contributed by atoms with E-state index in [-0.39, 0.29) is 23.3 Å². The van der Waals surface area contributed by atoms with Crippen molar-refractivity contribution in [1.82, 2.24) is 15.6 Å². The van der Waals surface area contributed by atoms with E-state index in [1.807, 2.05) is 30.3 Å². The Morgan fingerprint density at radius 3 is 2.35 bits per heavy atom. The summed E-state index contributed by atoms with van der Waals surface area (Å²) >= 11 is 0. The summed E-state index contributed by atoms with van der Waals surface area (Å²) in [4.78, 5) is 33.2. The molecule has 2 aliphatic rings. The van der Waals surface area contributed by atoms with Gasteiger partial charge in [0.25, 0.3) is 0 Å². The predicted octanol–water partition coefficient (Wildman–Crippen LogP) is 3.24. The topological polar surface area (TPSA) is 94.6 Å². The van der Waals surface area contributed by atoms with Crippen molar-refractivity contribution in [3.8, 4) is 0 Å². The molecular formula is C27H36N4O3. The molecule has 2 heterocycles. The number of β-amino-alcohol motifs (C(OH)–C–C–N with tert-alkyl or cyclic N) is 1. The lowest BCUT2D eigenvalue weighted by molar-refractivity contribution is -0.131. The highest BCUT2D eigenvalue weighted by molar-refractivity contribution is 6.04. The Kier molecular flexibility index (Phi) is 7.33. The number of anilines is 1. The van der Waals surface area contributed by atoms with E-state index in [0.29, 0.717) is 17.8 Å². The van der Waals surface area contributed by atoms with Crippen LogP contribution in [-0.4, -0.2) is 46.6 Å². The summed E-state index contributed by atoms with van der Waals surface area (Å²) in [5, 5.41) is 16.5. The summed E-state index contributed by atoms with van der Waals surface area (Å²) in [6, 6.07) is 9.85. The summed E-state index contributed by atoms with van der Waals surface area (Å²) in [5.41, 5.74) is 2.35. The first-order chi connectivity index (χ1) is 16.3. The van der Waals surface area contributed by atoms with Gasteiger partial charge in [-0.15, -0.1) is 0 Å². The molecule has 0 bridgehead atoms. The van der Waals surface area contributed by atoms with Crippen LogP contribution < -0.4 is 15.5 Å². The maximum atomic E-state index is 13.8. The summed E-state index contributed by atoms with van der Waals surface area (Å²) in [7, 11) is 0. The van der Waals surface area contributed by atoms with Crippen LogP contribution in [0.1, 0.15) is 70.0 Å². The third-order valence-corrected chi connectivity index (χ3v) is 6.90. The number of pyridine rings is 1. The summed E-state index contributed by atoms with van der Waals surface area (Å²) < 4.78 is 0. The highest BCUT2D eigenvalue weighted by atomic mass is 16.3. The van der Waals surface area contributed by atoms with Crippen LogP contribution in [0, 0.1) is 0 Å². The predicted molar refractivity (Wildman–Crippen MR) is 132 cm³/mol. The molecule has 7 heteroatoms. The van der Waals surface area contributed by atoms with Gasteiger partial charge in [0.1, 0.15) is 12.1 Å². The fourth-order valence-electron chi connectivity index (χ4n) is 4.75. The largest absolute Gasteiger partial charge is 0.390 e. The van der Waals surface area contributed by atoms with Crippen LogP contribution >= 0.6 is 0 Å². The molecule has 1 saturated heterocycles. The lowest BCUT2D eigenvalue weighted by atomic mass is 9.87. The van der Waals surface area contributed by atoms with E-state index in [4.69, 9.17) is 0 Å². The van der Waals surface area contributed by atoms with Gasteiger partial charge in [-0.1, -0.05) is 58.2 Å². The zero-order valence-corrected chi connectivity index (χ0v) is 20.3. The van der Waals surface area contributed by atoms with E-state index < -0.39 is 18.2 Å². The lowest BCUT2D eigenvalue weighted by Crippen LogP contribution is -2.65. The second-order valence-electron chi connectivity index (χ2n) is 10.5. The number of amides is 2. The molecule has 1 aliphatic carbocycles. The number of benzene rings is 1. The number of carbonyl (C=O) groups is 2. The van der Waals surface area contributed by atoms with E-state index >= 15 is 0 Å². The van der Waals surface area contributed by atoms with Crippen molar-refractivity contribution in [1.29, 1.82) is 0 Å². The van der Waals surface area contributed by atoms with E-state index in [1.54, 1.807) is 18.5 Å². The Bertz CT molecular complexity index is 981. The normalized spacial score (nSPS) is 21.9. The molecule has 34 heavy (non-hydrogen) atoms. The molecule has 1 saturated carbocycles. The van der Waals surface area contributed by atoms with Crippen molar-refractivity contribution in [3.05, 3.63) is 59.9 Å². The number of aliphatic hydroxyl groups excluding tert-OH is 1. The van der Waals surface area contributed by atoms with Gasteiger partial charge in [-0.2, -0.15) is 0 Å². The minimum atomic E-state index is -0.891. The van der Waals surface area contributed by atoms with Crippen LogP contribution in [0.2, 0.25) is 0 Å². The van der Waals surface area contributed by atoms with E-state index in [1.165, 1.54) is 11.3 Å². The zero-order valence-electron chi connectivity index (χ0n) is 20.3. The standard InChI is InChI=1S/C27H36N4O3/c1-27(2,3)19-11-13-21(14-12-19)31(26(34)23-22(32)17-29-23)24(18-8-7-15-28-16-18)25(33)30-20-9-5-4-6-10-20/h7-8,11-16,20,22-24,29,32H,4-6,9-10,17H2,1-3H3,(H,30,33). The average molecular weight is 465 g/mol. The number of aliphatic hydroxyl groups is 1. The van der Waals surface area contributed by atoms with E-state index in [9.17, 15) is 14.7 Å². The van der Waals surface area contributed by atoms with Crippen molar-refractivity contribution >= 4 is 17.5 Å². The Morgan fingerprint density at radius 2 is 1.82 bits per heavy atom. The van der Waals surface area contributed by atoms with Crippen LogP contribution in [-0.2, 0) is 15.0 Å². The van der Waals surface area contributed by atoms with Crippen molar-refractivity contribution in [2.24, 2.45) is 0 Å². The van der Waals surface area contributed by atoms with E-state index in [2.05, 4.69) is 36.4 Å². The summed E-state index contributed by atoms with van der Waals surface area (Å²) in [6.45, 7) is 6.76. The van der Waals surface area contributed by atoms with Crippen LogP contribution in [0.15, 0.2) is 48.8 Å². The van der Waals surface area contributed by atoms with Crippen molar-refractivity contribution < 1.29 is 14.7 Å². The molecule has 0 spiro atoms. The van der Waals surface area contributed by atoms with Gasteiger partial charge in [0, 0.05) is 36.2 Å². The summed E-state index contributed by atoms with van der Waals surface area (Å²) in [5.74, 6) is -0.545. The monoisotopic (exact) mass is 464 g/mol. The molecule has 0 radical (unpaired) electrons. The molecule has 3 atom stereocenters. The maximum absolute atomic E-state index is 13.8. The third kappa shape index (κ3) is 5.31. The van der Waals surface area contributed by atoms with Crippen LogP contribution in [0.3, 0.4) is 0 Å². The van der Waals surface area contributed by atoms with E-state index in [0.717, 1.165) is 31.2 Å². The first-order valence-corrected chi connectivity index (χ1v) is 12.3. The molecule has 2 aromatic rings. The molecule has 3 N–H and O–H groups in total. The number of carbonyl (C=O) groups excluding carboxylic acids is 2. The molecule has 4 rings (SSSR count). The Balaban J connectivity index is 1.74. The Labute approximate surface area is 202 Å². The van der Waals surface area contributed by atoms with Crippen molar-refractivity contribution in [2.45, 2.75) is 82.5 Å². The quantitative estimate of drug-likeness (QED) is 0.610. The number of nitrogens with one attached hydrogen (secondary N) is 2. The number of hydrogen-bond donors (Lipinski definition) is 3. The van der Waals surface area contributed by atoms with Gasteiger partial charge in [-0.3, -0.25) is 19.5 Å². The van der Waals surface area contributed by atoms with Crippen molar-refractivity contribution in [2.75, 3.05) is 11.4 Å². The average Bonchev–Trinajstić information content (AvgIpc) is 2.82. The van der Waals surface area contributed by atoms with Crippen LogP contribution in [0.5, 0.6) is 0 Å². The molecule has 1 aromatic heterocycles.